The maximum Gasteiger partial charge on any atom is 0.361 e. The van der Waals surface area contributed by atoms with Crippen molar-refractivity contribution < 1.29 is 31.1 Å². The topological polar surface area (TPSA) is 61.1 Å². The summed E-state index contributed by atoms with van der Waals surface area (Å²) in [4.78, 5) is 12.0. The normalized spacial score (nSPS) is 10.6. The molecule has 0 radical (unpaired) electrons. The number of nitrogens with two attached hydrogens (primary N) is 1. The number of nitrogen functional groups attached to an aromatic ring is 1. The number of halogens is 1. The van der Waals surface area contributed by atoms with Crippen LogP contribution in [-0.4, -0.2) is 17.1 Å². The van der Waals surface area contributed by atoms with Crippen LogP contribution in [0.25, 0.3) is 16.7 Å². The minimum Gasteiger partial charge on any atom is -1.00 e. The molecule has 2 aromatic carbocycles. The van der Waals surface area contributed by atoms with Gasteiger partial charge in [-0.2, -0.15) is 4.57 Å². The van der Waals surface area contributed by atoms with Crippen LogP contribution >= 0.6 is 0 Å². The van der Waals surface area contributed by atoms with Crippen LogP contribution in [0.4, 0.5) is 5.95 Å². The fourth-order valence-electron chi connectivity index (χ4n) is 3.51. The van der Waals surface area contributed by atoms with Crippen LogP contribution in [0.3, 0.4) is 0 Å². The Morgan fingerprint density at radius 2 is 1.77 bits per heavy atom. The van der Waals surface area contributed by atoms with Crippen molar-refractivity contribution in [2.75, 3.05) is 12.3 Å². The van der Waals surface area contributed by atoms with Crippen molar-refractivity contribution in [1.29, 1.82) is 0 Å². The van der Waals surface area contributed by atoms with Gasteiger partial charge in [-0.15, -0.1) is 0 Å². The third-order valence-corrected chi connectivity index (χ3v) is 4.37. The van der Waals surface area contributed by atoms with Gasteiger partial charge in [-0.05, 0) is 51.0 Å². The molecule has 0 fully saturated rings. The van der Waals surface area contributed by atoms with Gasteiger partial charge in [0.05, 0.1) is 6.61 Å². The van der Waals surface area contributed by atoms with Crippen LogP contribution in [0.1, 0.15) is 23.6 Å². The predicted octanol–water partition coefficient (Wildman–Crippen LogP) is -0.00744. The molecule has 0 saturated heterocycles. The molecular weight excluding hydrogens is 394 g/mol. The number of nitrogens with zero attached hydrogens (tertiary/aromatic N) is 2. The standard InChI is InChI=1S/C20H23N3O2.BrH/c1-5-25-18(24)12-22-16-8-6-7-9-17(16)23(20(22)21)19-14(3)10-13(2)11-15(19)4;/h6-11,21H,5,12H2,1-4H3;1H. The minimum atomic E-state index is -0.292. The molecule has 6 heteroatoms. The Kier molecular flexibility index (Phi) is 6.08. The predicted molar refractivity (Wildman–Crippen MR) is 98.7 cm³/mol. The van der Waals surface area contributed by atoms with E-state index in [1.807, 2.05) is 33.4 Å². The fourth-order valence-corrected chi connectivity index (χ4v) is 3.51. The Hall–Kier alpha value is -2.34. The van der Waals surface area contributed by atoms with Gasteiger partial charge in [0.25, 0.3) is 0 Å². The van der Waals surface area contributed by atoms with E-state index in [0.717, 1.165) is 27.8 Å². The lowest BCUT2D eigenvalue weighted by Crippen LogP contribution is -3.00. The van der Waals surface area contributed by atoms with Crippen LogP contribution in [0.15, 0.2) is 36.4 Å². The number of aromatic nitrogens is 2. The number of ether oxygens (including phenoxy) is 1. The van der Waals surface area contributed by atoms with Crippen molar-refractivity contribution in [3.63, 3.8) is 0 Å². The Balaban J connectivity index is 0.00000243. The molecule has 0 spiro atoms. The van der Waals surface area contributed by atoms with E-state index in [9.17, 15) is 4.79 Å². The molecule has 3 aromatic rings. The van der Waals surface area contributed by atoms with Gasteiger partial charge in [-0.1, -0.05) is 29.8 Å². The minimum absolute atomic E-state index is 0. The second kappa shape index (κ2) is 7.91. The number of rotatable bonds is 4. The summed E-state index contributed by atoms with van der Waals surface area (Å²) >= 11 is 0. The fraction of sp³-hybridized carbons (Fsp3) is 0.300. The van der Waals surface area contributed by atoms with E-state index in [0.29, 0.717) is 12.6 Å². The molecule has 26 heavy (non-hydrogen) atoms. The molecule has 0 aliphatic carbocycles. The molecule has 3 rings (SSSR count). The summed E-state index contributed by atoms with van der Waals surface area (Å²) in [5.74, 6) is 0.226. The number of hydrogen-bond donors (Lipinski definition) is 1. The molecule has 0 saturated carbocycles. The number of esters is 1. The molecule has 1 heterocycles. The van der Waals surface area contributed by atoms with Gasteiger partial charge in [-0.25, -0.2) is 9.36 Å². The summed E-state index contributed by atoms with van der Waals surface area (Å²) in [6, 6.07) is 12.2. The molecule has 0 atom stereocenters. The summed E-state index contributed by atoms with van der Waals surface area (Å²) in [7, 11) is 0. The Bertz CT molecular complexity index is 940. The van der Waals surface area contributed by atoms with E-state index < -0.39 is 0 Å². The first-order chi connectivity index (χ1) is 11.9. The molecule has 5 nitrogen and oxygen atoms in total. The first kappa shape index (κ1) is 20.0. The largest absolute Gasteiger partial charge is 1.00 e. The van der Waals surface area contributed by atoms with Gasteiger partial charge in [0.2, 0.25) is 0 Å². The highest BCUT2D eigenvalue weighted by Gasteiger charge is 2.26. The quantitative estimate of drug-likeness (QED) is 0.479. The highest BCUT2D eigenvalue weighted by Crippen LogP contribution is 2.27. The van der Waals surface area contributed by atoms with E-state index in [1.54, 1.807) is 6.92 Å². The van der Waals surface area contributed by atoms with E-state index >= 15 is 0 Å². The van der Waals surface area contributed by atoms with Crippen molar-refractivity contribution in [3.8, 4) is 5.69 Å². The lowest BCUT2D eigenvalue weighted by molar-refractivity contribution is -0.645. The summed E-state index contributed by atoms with van der Waals surface area (Å²) in [5.41, 5.74) is 12.9. The number of para-hydroxylation sites is 2. The van der Waals surface area contributed by atoms with E-state index in [-0.39, 0.29) is 29.5 Å². The second-order valence-corrected chi connectivity index (χ2v) is 6.32. The van der Waals surface area contributed by atoms with Gasteiger partial charge in [-0.3, -0.25) is 5.73 Å². The van der Waals surface area contributed by atoms with Crippen molar-refractivity contribution in [2.24, 2.45) is 0 Å². The molecule has 0 amide bonds. The average Bonchev–Trinajstić information content (AvgIpc) is 2.80. The molecule has 0 bridgehead atoms. The van der Waals surface area contributed by atoms with Crippen molar-refractivity contribution in [1.82, 2.24) is 4.57 Å². The maximum atomic E-state index is 12.0. The smallest absolute Gasteiger partial charge is 0.361 e. The molecule has 0 unspecified atom stereocenters. The molecule has 0 aliphatic heterocycles. The number of fused-ring (bicyclic) bond motifs is 1. The summed E-state index contributed by atoms with van der Waals surface area (Å²) in [6.07, 6.45) is 0. The first-order valence-electron chi connectivity index (χ1n) is 8.46. The highest BCUT2D eigenvalue weighted by molar-refractivity contribution is 5.78. The van der Waals surface area contributed by atoms with Crippen molar-refractivity contribution >= 4 is 23.0 Å². The molecule has 2 N–H and O–H groups in total. The van der Waals surface area contributed by atoms with Crippen molar-refractivity contribution in [2.45, 2.75) is 34.2 Å². The highest BCUT2D eigenvalue weighted by atomic mass is 79.9. The summed E-state index contributed by atoms with van der Waals surface area (Å²) in [5, 5.41) is 0. The van der Waals surface area contributed by atoms with Crippen LogP contribution < -0.4 is 27.3 Å². The molecule has 0 aliphatic rings. The SMILES string of the molecule is CCOC(=O)C[n+]1c(N)n(-c2c(C)cc(C)cc2C)c2ccccc21.[Br-]. The number of carbonyl (C=O) groups is 1. The lowest BCUT2D eigenvalue weighted by atomic mass is 10.0. The summed E-state index contributed by atoms with van der Waals surface area (Å²) < 4.78 is 8.94. The summed E-state index contributed by atoms with van der Waals surface area (Å²) in [6.45, 7) is 8.50. The number of carbonyl (C=O) groups excluding carboxylic acids is 1. The molecular formula is C20H24BrN3O2. The van der Waals surface area contributed by atoms with Gasteiger partial charge in [0, 0.05) is 0 Å². The average molecular weight is 418 g/mol. The van der Waals surface area contributed by atoms with Crippen LogP contribution in [-0.2, 0) is 16.1 Å². The van der Waals surface area contributed by atoms with Crippen molar-refractivity contribution in [3.05, 3.63) is 53.1 Å². The van der Waals surface area contributed by atoms with Gasteiger partial charge < -0.3 is 21.7 Å². The monoisotopic (exact) mass is 417 g/mol. The number of benzene rings is 2. The zero-order valence-electron chi connectivity index (χ0n) is 15.5. The number of aryl methyl sites for hydroxylation is 3. The van der Waals surface area contributed by atoms with Gasteiger partial charge in [0.1, 0.15) is 16.7 Å². The number of anilines is 1. The number of imidazole rings is 1. The third kappa shape index (κ3) is 3.46. The van der Waals surface area contributed by atoms with Gasteiger partial charge >= 0.3 is 11.9 Å². The zero-order chi connectivity index (χ0) is 18.1. The van der Waals surface area contributed by atoms with Crippen LogP contribution in [0.5, 0.6) is 0 Å². The Labute approximate surface area is 164 Å². The van der Waals surface area contributed by atoms with Crippen LogP contribution in [0.2, 0.25) is 0 Å². The first-order valence-corrected chi connectivity index (χ1v) is 8.46. The number of hydrogen-bond acceptors (Lipinski definition) is 3. The van der Waals surface area contributed by atoms with Crippen LogP contribution in [0, 0.1) is 20.8 Å². The maximum absolute atomic E-state index is 12.0. The van der Waals surface area contributed by atoms with E-state index in [4.69, 9.17) is 10.5 Å². The van der Waals surface area contributed by atoms with Gasteiger partial charge in [0.15, 0.2) is 6.54 Å². The Morgan fingerprint density at radius 3 is 2.38 bits per heavy atom. The third-order valence-electron chi connectivity index (χ3n) is 4.37. The Morgan fingerprint density at radius 1 is 1.15 bits per heavy atom. The second-order valence-electron chi connectivity index (χ2n) is 6.32. The molecule has 138 valence electrons. The van der Waals surface area contributed by atoms with E-state index in [1.165, 1.54) is 5.56 Å². The van der Waals surface area contributed by atoms with E-state index in [2.05, 4.69) is 32.9 Å². The lowest BCUT2D eigenvalue weighted by Gasteiger charge is -2.10. The molecule has 1 aromatic heterocycles. The zero-order valence-corrected chi connectivity index (χ0v) is 17.1.